The van der Waals surface area contributed by atoms with Gasteiger partial charge >= 0.3 is 0 Å². The largest absolute Gasteiger partial charge is 0.392 e. The molecular formula is C11H23NO. The van der Waals surface area contributed by atoms with Gasteiger partial charge in [-0.25, -0.2) is 0 Å². The van der Waals surface area contributed by atoms with E-state index >= 15 is 0 Å². The third-order valence-corrected chi connectivity index (χ3v) is 2.05. The molecule has 0 heterocycles. The summed E-state index contributed by atoms with van der Waals surface area (Å²) in [7, 11) is 0. The molecule has 0 radical (unpaired) electrons. The molecule has 0 rings (SSSR count). The third kappa shape index (κ3) is 9.57. The van der Waals surface area contributed by atoms with Crippen molar-refractivity contribution >= 4 is 0 Å². The van der Waals surface area contributed by atoms with Crippen molar-refractivity contribution in [2.75, 3.05) is 6.54 Å². The van der Waals surface area contributed by atoms with Crippen LogP contribution in [0.3, 0.4) is 0 Å². The molecule has 0 saturated carbocycles. The lowest BCUT2D eigenvalue weighted by atomic mass is 10.1. The van der Waals surface area contributed by atoms with Gasteiger partial charge in [0.2, 0.25) is 0 Å². The van der Waals surface area contributed by atoms with Crippen molar-refractivity contribution < 1.29 is 5.11 Å². The zero-order chi connectivity index (χ0) is 9.94. The van der Waals surface area contributed by atoms with Crippen molar-refractivity contribution in [3.63, 3.8) is 0 Å². The number of hydrogen-bond donors (Lipinski definition) is 2. The Bertz CT molecular complexity index is 123. The van der Waals surface area contributed by atoms with E-state index in [-0.39, 0.29) is 6.10 Å². The monoisotopic (exact) mass is 185 g/mol. The standard InChI is InChI=1S/C11H23NO/c1-2-3-4-5-6-7-8-9-11(13)10-12/h4-5,11,13H,2-3,6-10,12H2,1H3/b5-4+. The van der Waals surface area contributed by atoms with E-state index in [4.69, 9.17) is 10.8 Å². The highest BCUT2D eigenvalue weighted by Gasteiger charge is 1.98. The molecule has 2 heteroatoms. The second-order valence-electron chi connectivity index (χ2n) is 3.43. The molecule has 0 aromatic rings. The second-order valence-corrected chi connectivity index (χ2v) is 3.43. The topological polar surface area (TPSA) is 46.2 Å². The van der Waals surface area contributed by atoms with Crippen LogP contribution >= 0.6 is 0 Å². The van der Waals surface area contributed by atoms with Gasteiger partial charge in [0.05, 0.1) is 6.10 Å². The normalized spacial score (nSPS) is 13.8. The smallest absolute Gasteiger partial charge is 0.0662 e. The van der Waals surface area contributed by atoms with Crippen LogP contribution in [0.1, 0.15) is 45.4 Å². The maximum absolute atomic E-state index is 9.16. The van der Waals surface area contributed by atoms with Gasteiger partial charge in [0.25, 0.3) is 0 Å². The summed E-state index contributed by atoms with van der Waals surface area (Å²) in [6.45, 7) is 2.58. The van der Waals surface area contributed by atoms with E-state index in [0.717, 1.165) is 25.7 Å². The van der Waals surface area contributed by atoms with Gasteiger partial charge in [0.1, 0.15) is 0 Å². The van der Waals surface area contributed by atoms with Crippen LogP contribution < -0.4 is 5.73 Å². The zero-order valence-electron chi connectivity index (χ0n) is 8.71. The van der Waals surface area contributed by atoms with Gasteiger partial charge in [0, 0.05) is 6.54 Å². The van der Waals surface area contributed by atoms with E-state index < -0.39 is 0 Å². The number of aliphatic hydroxyl groups is 1. The Morgan fingerprint density at radius 3 is 2.54 bits per heavy atom. The molecule has 2 nitrogen and oxygen atoms in total. The van der Waals surface area contributed by atoms with Crippen LogP contribution in [0.4, 0.5) is 0 Å². The average Bonchev–Trinajstić information content (AvgIpc) is 2.16. The average molecular weight is 185 g/mol. The molecule has 1 atom stereocenters. The Morgan fingerprint density at radius 2 is 1.92 bits per heavy atom. The number of hydrogen-bond acceptors (Lipinski definition) is 2. The maximum Gasteiger partial charge on any atom is 0.0662 e. The van der Waals surface area contributed by atoms with Crippen molar-refractivity contribution in [3.8, 4) is 0 Å². The molecule has 0 spiro atoms. The maximum atomic E-state index is 9.16. The lowest BCUT2D eigenvalue weighted by Gasteiger charge is -2.05. The summed E-state index contributed by atoms with van der Waals surface area (Å²) in [6.07, 6.45) is 10.8. The molecule has 3 N–H and O–H groups in total. The molecule has 0 aromatic carbocycles. The molecule has 0 aliphatic rings. The highest BCUT2D eigenvalue weighted by molar-refractivity contribution is 4.80. The Hall–Kier alpha value is -0.340. The summed E-state index contributed by atoms with van der Waals surface area (Å²) in [4.78, 5) is 0. The first-order valence-electron chi connectivity index (χ1n) is 5.34. The van der Waals surface area contributed by atoms with Crippen LogP contribution in [0.5, 0.6) is 0 Å². The molecule has 0 aliphatic heterocycles. The molecule has 0 saturated heterocycles. The summed E-state index contributed by atoms with van der Waals surface area (Å²) < 4.78 is 0. The molecular weight excluding hydrogens is 162 g/mol. The second kappa shape index (κ2) is 9.75. The summed E-state index contributed by atoms with van der Waals surface area (Å²) in [5.41, 5.74) is 5.29. The molecule has 0 bridgehead atoms. The number of rotatable bonds is 8. The van der Waals surface area contributed by atoms with Gasteiger partial charge in [-0.05, 0) is 25.7 Å². The van der Waals surface area contributed by atoms with Crippen molar-refractivity contribution in [1.82, 2.24) is 0 Å². The van der Waals surface area contributed by atoms with Crippen LogP contribution in [0.2, 0.25) is 0 Å². The minimum Gasteiger partial charge on any atom is -0.392 e. The number of aliphatic hydroxyl groups excluding tert-OH is 1. The van der Waals surface area contributed by atoms with Gasteiger partial charge in [-0.3, -0.25) is 0 Å². The summed E-state index contributed by atoms with van der Waals surface area (Å²) in [6, 6.07) is 0. The summed E-state index contributed by atoms with van der Waals surface area (Å²) in [5.74, 6) is 0. The molecule has 78 valence electrons. The van der Waals surface area contributed by atoms with Crippen molar-refractivity contribution in [3.05, 3.63) is 12.2 Å². The van der Waals surface area contributed by atoms with Crippen LogP contribution in [-0.4, -0.2) is 17.8 Å². The highest BCUT2D eigenvalue weighted by atomic mass is 16.3. The van der Waals surface area contributed by atoms with Gasteiger partial charge in [-0.2, -0.15) is 0 Å². The fraction of sp³-hybridized carbons (Fsp3) is 0.818. The summed E-state index contributed by atoms with van der Waals surface area (Å²) >= 11 is 0. The van der Waals surface area contributed by atoms with Crippen LogP contribution in [0.25, 0.3) is 0 Å². The fourth-order valence-corrected chi connectivity index (χ4v) is 1.16. The minimum absolute atomic E-state index is 0.292. The Labute approximate surface area is 81.8 Å². The van der Waals surface area contributed by atoms with Gasteiger partial charge in [0.15, 0.2) is 0 Å². The fourth-order valence-electron chi connectivity index (χ4n) is 1.16. The van der Waals surface area contributed by atoms with E-state index in [2.05, 4.69) is 19.1 Å². The Balaban J connectivity index is 3.07. The molecule has 1 unspecified atom stereocenters. The van der Waals surface area contributed by atoms with Crippen molar-refractivity contribution in [2.45, 2.75) is 51.6 Å². The molecule has 0 fully saturated rings. The lowest BCUT2D eigenvalue weighted by Crippen LogP contribution is -2.19. The SMILES string of the molecule is CCC/C=C/CCCCC(O)CN. The Kier molecular flexibility index (Phi) is 9.49. The Morgan fingerprint density at radius 1 is 1.23 bits per heavy atom. The van der Waals surface area contributed by atoms with Crippen molar-refractivity contribution in [1.29, 1.82) is 0 Å². The van der Waals surface area contributed by atoms with Gasteiger partial charge < -0.3 is 10.8 Å². The van der Waals surface area contributed by atoms with E-state index in [0.29, 0.717) is 6.54 Å². The van der Waals surface area contributed by atoms with Crippen LogP contribution in [0.15, 0.2) is 12.2 Å². The first kappa shape index (κ1) is 12.7. The lowest BCUT2D eigenvalue weighted by molar-refractivity contribution is 0.169. The summed E-state index contributed by atoms with van der Waals surface area (Å²) in [5, 5.41) is 9.16. The molecule has 0 aromatic heterocycles. The van der Waals surface area contributed by atoms with Crippen LogP contribution in [-0.2, 0) is 0 Å². The van der Waals surface area contributed by atoms with Crippen molar-refractivity contribution in [2.24, 2.45) is 5.73 Å². The van der Waals surface area contributed by atoms with E-state index in [1.807, 2.05) is 0 Å². The first-order valence-corrected chi connectivity index (χ1v) is 5.34. The highest BCUT2D eigenvalue weighted by Crippen LogP contribution is 2.04. The first-order chi connectivity index (χ1) is 6.31. The molecule has 0 amide bonds. The zero-order valence-corrected chi connectivity index (χ0v) is 8.71. The third-order valence-electron chi connectivity index (χ3n) is 2.05. The van der Waals surface area contributed by atoms with Gasteiger partial charge in [-0.1, -0.05) is 31.9 Å². The van der Waals surface area contributed by atoms with Gasteiger partial charge in [-0.15, -0.1) is 0 Å². The number of allylic oxidation sites excluding steroid dienone is 2. The predicted octanol–water partition coefficient (Wildman–Crippen LogP) is 2.22. The van der Waals surface area contributed by atoms with Crippen LogP contribution in [0, 0.1) is 0 Å². The van der Waals surface area contributed by atoms with E-state index in [9.17, 15) is 0 Å². The molecule has 13 heavy (non-hydrogen) atoms. The molecule has 0 aliphatic carbocycles. The van der Waals surface area contributed by atoms with E-state index in [1.54, 1.807) is 0 Å². The van der Waals surface area contributed by atoms with E-state index in [1.165, 1.54) is 12.8 Å². The number of nitrogens with two attached hydrogens (primary N) is 1. The number of unbranched alkanes of at least 4 members (excludes halogenated alkanes) is 3. The predicted molar refractivity (Wildman–Crippen MR) is 57.6 cm³/mol. The minimum atomic E-state index is -0.292. The quantitative estimate of drug-likeness (QED) is 0.450.